The Morgan fingerprint density at radius 3 is 1.85 bits per heavy atom. The third kappa shape index (κ3) is 3.31. The summed E-state index contributed by atoms with van der Waals surface area (Å²) in [5.41, 5.74) is 5.28. The third-order valence-electron chi connectivity index (χ3n) is 4.29. The highest BCUT2D eigenvalue weighted by Gasteiger charge is 2.19. The number of rotatable bonds is 3. The molecule has 0 amide bonds. The molecular weight excluding hydrogens is 354 g/mol. The van der Waals surface area contributed by atoms with Gasteiger partial charge in [0.25, 0.3) is 0 Å². The van der Waals surface area contributed by atoms with Gasteiger partial charge in [0, 0.05) is 11.1 Å². The van der Waals surface area contributed by atoms with Crippen molar-refractivity contribution in [3.63, 3.8) is 0 Å². The highest BCUT2D eigenvalue weighted by molar-refractivity contribution is 6.32. The average Bonchev–Trinajstić information content (AvgIpc) is 2.74. The summed E-state index contributed by atoms with van der Waals surface area (Å²) < 4.78 is 0. The average molecular weight is 368 g/mol. The Morgan fingerprint density at radius 2 is 1.22 bits per heavy atom. The summed E-state index contributed by atoms with van der Waals surface area (Å²) in [7, 11) is 0. The SMILES string of the molecule is N#Cc1nc(Cl)c(-c2ccccc2)c(-c2ccccc2-c2ccccc2)n1. The molecule has 0 N–H and O–H groups in total. The van der Waals surface area contributed by atoms with E-state index in [-0.39, 0.29) is 11.0 Å². The quantitative estimate of drug-likeness (QED) is 0.417. The molecule has 0 aliphatic rings. The van der Waals surface area contributed by atoms with Crippen LogP contribution in [0.25, 0.3) is 33.5 Å². The van der Waals surface area contributed by atoms with Gasteiger partial charge in [-0.25, -0.2) is 9.97 Å². The highest BCUT2D eigenvalue weighted by Crippen LogP contribution is 2.39. The smallest absolute Gasteiger partial charge is 0.218 e. The van der Waals surface area contributed by atoms with Gasteiger partial charge in [0.05, 0.1) is 5.69 Å². The Balaban J connectivity index is 2.04. The summed E-state index contributed by atoms with van der Waals surface area (Å²) >= 11 is 6.49. The molecule has 4 rings (SSSR count). The lowest BCUT2D eigenvalue weighted by Gasteiger charge is -2.15. The molecule has 3 aromatic carbocycles. The van der Waals surface area contributed by atoms with Crippen molar-refractivity contribution in [1.29, 1.82) is 5.26 Å². The van der Waals surface area contributed by atoms with E-state index in [0.29, 0.717) is 5.69 Å². The minimum atomic E-state index is 0.0533. The zero-order valence-electron chi connectivity index (χ0n) is 14.3. The molecule has 3 nitrogen and oxygen atoms in total. The molecule has 0 radical (unpaired) electrons. The van der Waals surface area contributed by atoms with Gasteiger partial charge >= 0.3 is 0 Å². The normalized spacial score (nSPS) is 10.4. The van der Waals surface area contributed by atoms with Gasteiger partial charge in [0.15, 0.2) is 0 Å². The molecular formula is C23H14ClN3. The maximum atomic E-state index is 9.35. The maximum absolute atomic E-state index is 9.35. The minimum absolute atomic E-state index is 0.0533. The van der Waals surface area contributed by atoms with E-state index in [9.17, 15) is 5.26 Å². The van der Waals surface area contributed by atoms with Crippen LogP contribution in [0.3, 0.4) is 0 Å². The maximum Gasteiger partial charge on any atom is 0.234 e. The molecule has 0 saturated carbocycles. The number of hydrogen-bond acceptors (Lipinski definition) is 3. The standard InChI is InChI=1S/C23H14ClN3/c24-23-21(17-11-5-2-6-12-17)22(26-20(15-25)27-23)19-14-8-7-13-18(19)16-9-3-1-4-10-16/h1-14H. The van der Waals surface area contributed by atoms with Crippen LogP contribution in [0.4, 0.5) is 0 Å². The zero-order chi connectivity index (χ0) is 18.6. The van der Waals surface area contributed by atoms with Crippen molar-refractivity contribution in [3.8, 4) is 39.6 Å². The van der Waals surface area contributed by atoms with Crippen LogP contribution >= 0.6 is 11.6 Å². The van der Waals surface area contributed by atoms with Gasteiger partial charge in [-0.2, -0.15) is 5.26 Å². The van der Waals surface area contributed by atoms with Crippen molar-refractivity contribution >= 4 is 11.6 Å². The first-order chi connectivity index (χ1) is 13.3. The van der Waals surface area contributed by atoms with E-state index in [1.165, 1.54) is 0 Å². The second kappa shape index (κ2) is 7.41. The Labute approximate surface area is 162 Å². The molecule has 4 aromatic rings. The van der Waals surface area contributed by atoms with Gasteiger partial charge in [-0.05, 0) is 16.7 Å². The first-order valence-corrected chi connectivity index (χ1v) is 8.83. The molecule has 1 aromatic heterocycles. The van der Waals surface area contributed by atoms with Gasteiger partial charge in [-0.3, -0.25) is 0 Å². The van der Waals surface area contributed by atoms with Crippen LogP contribution < -0.4 is 0 Å². The van der Waals surface area contributed by atoms with Crippen molar-refractivity contribution in [2.75, 3.05) is 0 Å². The van der Waals surface area contributed by atoms with Crippen LogP contribution in [-0.2, 0) is 0 Å². The predicted molar refractivity (Wildman–Crippen MR) is 108 cm³/mol. The van der Waals surface area contributed by atoms with Gasteiger partial charge in [-0.15, -0.1) is 0 Å². The topological polar surface area (TPSA) is 49.6 Å². The number of hydrogen-bond donors (Lipinski definition) is 0. The fraction of sp³-hybridized carbons (Fsp3) is 0. The Bertz CT molecular complexity index is 1130. The lowest BCUT2D eigenvalue weighted by Crippen LogP contribution is -1.99. The number of aromatic nitrogens is 2. The summed E-state index contributed by atoms with van der Waals surface area (Å²) in [6.45, 7) is 0. The van der Waals surface area contributed by atoms with Crippen LogP contribution in [0, 0.1) is 11.3 Å². The largest absolute Gasteiger partial charge is 0.234 e. The summed E-state index contributed by atoms with van der Waals surface area (Å²) in [6.07, 6.45) is 0. The van der Waals surface area contributed by atoms with Crippen molar-refractivity contribution in [2.24, 2.45) is 0 Å². The molecule has 0 saturated heterocycles. The molecule has 0 bridgehead atoms. The lowest BCUT2D eigenvalue weighted by atomic mass is 9.93. The highest BCUT2D eigenvalue weighted by atomic mass is 35.5. The number of nitrogens with zero attached hydrogens (tertiary/aromatic N) is 3. The van der Waals surface area contributed by atoms with E-state index in [1.54, 1.807) is 0 Å². The molecule has 128 valence electrons. The number of benzene rings is 3. The van der Waals surface area contributed by atoms with Crippen LogP contribution in [0.5, 0.6) is 0 Å². The third-order valence-corrected chi connectivity index (χ3v) is 4.57. The Morgan fingerprint density at radius 1 is 0.667 bits per heavy atom. The van der Waals surface area contributed by atoms with E-state index >= 15 is 0 Å². The monoisotopic (exact) mass is 367 g/mol. The minimum Gasteiger partial charge on any atom is -0.218 e. The molecule has 27 heavy (non-hydrogen) atoms. The predicted octanol–water partition coefficient (Wildman–Crippen LogP) is 6.00. The van der Waals surface area contributed by atoms with Crippen LogP contribution in [0.15, 0.2) is 84.9 Å². The molecule has 0 aliphatic carbocycles. The van der Waals surface area contributed by atoms with Gasteiger partial charge in [0.2, 0.25) is 5.82 Å². The molecule has 4 heteroatoms. The van der Waals surface area contributed by atoms with E-state index in [0.717, 1.165) is 27.8 Å². The van der Waals surface area contributed by atoms with Crippen molar-refractivity contribution in [2.45, 2.75) is 0 Å². The zero-order valence-corrected chi connectivity index (χ0v) is 15.1. The summed E-state index contributed by atoms with van der Waals surface area (Å²) in [6, 6.07) is 29.8. The summed E-state index contributed by atoms with van der Waals surface area (Å²) in [5.74, 6) is 0.0533. The molecule has 0 spiro atoms. The van der Waals surface area contributed by atoms with Gasteiger partial charge in [-0.1, -0.05) is 96.5 Å². The van der Waals surface area contributed by atoms with Crippen LogP contribution in [0.2, 0.25) is 5.15 Å². The first kappa shape index (κ1) is 17.0. The van der Waals surface area contributed by atoms with Crippen molar-refractivity contribution in [3.05, 3.63) is 95.9 Å². The fourth-order valence-corrected chi connectivity index (χ4v) is 3.38. The van der Waals surface area contributed by atoms with Gasteiger partial charge < -0.3 is 0 Å². The Kier molecular flexibility index (Phi) is 4.65. The van der Waals surface area contributed by atoms with Crippen molar-refractivity contribution < 1.29 is 0 Å². The molecule has 0 fully saturated rings. The molecule has 0 unspecified atom stereocenters. The molecule has 0 atom stereocenters. The second-order valence-electron chi connectivity index (χ2n) is 5.95. The number of nitriles is 1. The van der Waals surface area contributed by atoms with Crippen molar-refractivity contribution in [1.82, 2.24) is 9.97 Å². The van der Waals surface area contributed by atoms with E-state index in [2.05, 4.69) is 22.1 Å². The van der Waals surface area contributed by atoms with E-state index in [1.807, 2.05) is 78.9 Å². The summed E-state index contributed by atoms with van der Waals surface area (Å²) in [5, 5.41) is 9.62. The van der Waals surface area contributed by atoms with Crippen LogP contribution in [-0.4, -0.2) is 9.97 Å². The Hall–Kier alpha value is -3.48. The van der Waals surface area contributed by atoms with E-state index < -0.39 is 0 Å². The van der Waals surface area contributed by atoms with E-state index in [4.69, 9.17) is 11.6 Å². The fourth-order valence-electron chi connectivity index (χ4n) is 3.10. The number of halogens is 1. The second-order valence-corrected chi connectivity index (χ2v) is 6.31. The summed E-state index contributed by atoms with van der Waals surface area (Å²) in [4.78, 5) is 8.68. The van der Waals surface area contributed by atoms with Crippen LogP contribution in [0.1, 0.15) is 5.82 Å². The van der Waals surface area contributed by atoms with Gasteiger partial charge in [0.1, 0.15) is 11.2 Å². The first-order valence-electron chi connectivity index (χ1n) is 8.46. The molecule has 0 aliphatic heterocycles. The molecule has 1 heterocycles. The lowest BCUT2D eigenvalue weighted by molar-refractivity contribution is 1.12.